The highest BCUT2D eigenvalue weighted by Gasteiger charge is 2.34. The Morgan fingerprint density at radius 1 is 1.35 bits per heavy atom. The number of fused-ring (bicyclic) bond motifs is 1. The first kappa shape index (κ1) is 11.0. The third-order valence-electron chi connectivity index (χ3n) is 4.23. The maximum Gasteiger partial charge on any atom is 0.0605 e. The van der Waals surface area contributed by atoms with Crippen LogP contribution >= 0.6 is 0 Å². The number of aromatic nitrogens is 1. The van der Waals surface area contributed by atoms with E-state index in [-0.39, 0.29) is 0 Å². The second-order valence-electron chi connectivity index (χ2n) is 5.40. The lowest BCUT2D eigenvalue weighted by Gasteiger charge is -2.44. The van der Waals surface area contributed by atoms with Gasteiger partial charge in [0.1, 0.15) is 0 Å². The van der Waals surface area contributed by atoms with E-state index in [1.54, 1.807) is 0 Å². The average Bonchev–Trinajstić information content (AvgIpc) is 2.76. The van der Waals surface area contributed by atoms with E-state index >= 15 is 0 Å². The topological polar surface area (TPSA) is 19.4 Å². The van der Waals surface area contributed by atoms with E-state index in [0.29, 0.717) is 6.04 Å². The molecule has 0 bridgehead atoms. The zero-order valence-corrected chi connectivity index (χ0v) is 10.8. The number of piperazine rings is 1. The van der Waals surface area contributed by atoms with Crippen LogP contribution in [-0.2, 0) is 0 Å². The van der Waals surface area contributed by atoms with Crippen molar-refractivity contribution in [2.75, 3.05) is 24.5 Å². The van der Waals surface area contributed by atoms with Crippen LogP contribution in [0.15, 0.2) is 18.3 Å². The van der Waals surface area contributed by atoms with Gasteiger partial charge in [-0.15, -0.1) is 0 Å². The average molecular weight is 231 g/mol. The summed E-state index contributed by atoms with van der Waals surface area (Å²) in [4.78, 5) is 9.63. The highest BCUT2D eigenvalue weighted by atomic mass is 15.3. The van der Waals surface area contributed by atoms with Crippen molar-refractivity contribution in [3.63, 3.8) is 0 Å². The first-order valence-corrected chi connectivity index (χ1v) is 6.68. The zero-order valence-electron chi connectivity index (χ0n) is 10.8. The van der Waals surface area contributed by atoms with E-state index in [9.17, 15) is 0 Å². The van der Waals surface area contributed by atoms with Gasteiger partial charge in [0.25, 0.3) is 0 Å². The third kappa shape index (κ3) is 1.93. The van der Waals surface area contributed by atoms with E-state index in [2.05, 4.69) is 40.8 Å². The first-order chi connectivity index (χ1) is 8.25. The summed E-state index contributed by atoms with van der Waals surface area (Å²) in [6.45, 7) is 8.13. The fraction of sp³-hybridized carbons (Fsp3) is 0.643. The van der Waals surface area contributed by atoms with Gasteiger partial charge < -0.3 is 4.90 Å². The molecule has 0 spiro atoms. The van der Waals surface area contributed by atoms with Crippen LogP contribution in [0.3, 0.4) is 0 Å². The predicted molar refractivity (Wildman–Crippen MR) is 70.4 cm³/mol. The predicted octanol–water partition coefficient (Wildman–Crippen LogP) is 2.06. The molecule has 3 nitrogen and oxygen atoms in total. The van der Waals surface area contributed by atoms with Gasteiger partial charge in [-0.3, -0.25) is 9.88 Å². The lowest BCUT2D eigenvalue weighted by molar-refractivity contribution is 0.203. The molecule has 0 aromatic carbocycles. The van der Waals surface area contributed by atoms with Crippen molar-refractivity contribution in [1.82, 2.24) is 9.88 Å². The Balaban J connectivity index is 1.85. The van der Waals surface area contributed by atoms with Crippen molar-refractivity contribution in [2.24, 2.45) is 0 Å². The second-order valence-corrected chi connectivity index (χ2v) is 5.40. The molecule has 3 rings (SSSR count). The molecule has 2 fully saturated rings. The molecule has 17 heavy (non-hydrogen) atoms. The molecule has 2 saturated heterocycles. The van der Waals surface area contributed by atoms with E-state index in [0.717, 1.165) is 11.7 Å². The largest absolute Gasteiger partial charge is 0.365 e. The quantitative estimate of drug-likeness (QED) is 0.737. The first-order valence-electron chi connectivity index (χ1n) is 6.68. The van der Waals surface area contributed by atoms with Crippen molar-refractivity contribution in [1.29, 1.82) is 0 Å². The highest BCUT2D eigenvalue weighted by molar-refractivity contribution is 5.51. The summed E-state index contributed by atoms with van der Waals surface area (Å²) in [5.74, 6) is 0. The van der Waals surface area contributed by atoms with Crippen molar-refractivity contribution in [2.45, 2.75) is 38.8 Å². The fourth-order valence-electron chi connectivity index (χ4n) is 3.30. The fourth-order valence-corrected chi connectivity index (χ4v) is 3.30. The summed E-state index contributed by atoms with van der Waals surface area (Å²) in [6.07, 6.45) is 4.62. The van der Waals surface area contributed by atoms with Crippen LogP contribution in [0, 0.1) is 6.92 Å². The normalized spacial score (nSPS) is 29.4. The summed E-state index contributed by atoms with van der Waals surface area (Å²) in [6, 6.07) is 5.64. The second kappa shape index (κ2) is 4.30. The number of aryl methyl sites for hydroxylation is 1. The van der Waals surface area contributed by atoms with Crippen LogP contribution in [0.2, 0.25) is 0 Å². The summed E-state index contributed by atoms with van der Waals surface area (Å²) in [7, 11) is 0. The lowest BCUT2D eigenvalue weighted by atomic mass is 10.1. The molecule has 2 aliphatic heterocycles. The summed E-state index contributed by atoms with van der Waals surface area (Å²) in [5, 5.41) is 0. The van der Waals surface area contributed by atoms with Crippen molar-refractivity contribution < 1.29 is 0 Å². The van der Waals surface area contributed by atoms with Gasteiger partial charge in [-0.2, -0.15) is 0 Å². The minimum absolute atomic E-state index is 0.604. The SMILES string of the molecule is Cc1ncccc1N1CC2CCCN2CC1C. The van der Waals surface area contributed by atoms with Gasteiger partial charge in [0, 0.05) is 31.4 Å². The minimum Gasteiger partial charge on any atom is -0.365 e. The van der Waals surface area contributed by atoms with Gasteiger partial charge in [0.05, 0.1) is 11.4 Å². The molecule has 0 aliphatic carbocycles. The molecule has 1 aromatic heterocycles. The van der Waals surface area contributed by atoms with Crippen LogP contribution in [0.4, 0.5) is 5.69 Å². The number of rotatable bonds is 1. The summed E-state index contributed by atoms with van der Waals surface area (Å²) < 4.78 is 0. The van der Waals surface area contributed by atoms with Crippen molar-refractivity contribution >= 4 is 5.69 Å². The smallest absolute Gasteiger partial charge is 0.0605 e. The molecule has 0 saturated carbocycles. The molecule has 2 atom stereocenters. The van der Waals surface area contributed by atoms with Crippen LogP contribution in [0.5, 0.6) is 0 Å². The number of nitrogens with zero attached hydrogens (tertiary/aromatic N) is 3. The van der Waals surface area contributed by atoms with Crippen LogP contribution in [0.25, 0.3) is 0 Å². The molecule has 1 aromatic rings. The monoisotopic (exact) mass is 231 g/mol. The number of anilines is 1. The standard InChI is InChI=1S/C14H21N3/c1-11-9-16-8-4-5-13(16)10-17(11)14-6-3-7-15-12(14)2/h3,6-7,11,13H,4-5,8-10H2,1-2H3. The van der Waals surface area contributed by atoms with Gasteiger partial charge in [0.2, 0.25) is 0 Å². The minimum atomic E-state index is 0.604. The zero-order chi connectivity index (χ0) is 11.8. The molecule has 2 unspecified atom stereocenters. The van der Waals surface area contributed by atoms with Crippen LogP contribution in [0.1, 0.15) is 25.5 Å². The molecule has 2 aliphatic rings. The van der Waals surface area contributed by atoms with Gasteiger partial charge in [0.15, 0.2) is 0 Å². The van der Waals surface area contributed by atoms with E-state index in [1.165, 1.54) is 38.2 Å². The molecule has 3 heterocycles. The van der Waals surface area contributed by atoms with Crippen molar-refractivity contribution in [3.8, 4) is 0 Å². The third-order valence-corrected chi connectivity index (χ3v) is 4.23. The molecular formula is C14H21N3. The molecule has 0 amide bonds. The number of hydrogen-bond acceptors (Lipinski definition) is 3. The molecule has 92 valence electrons. The Bertz CT molecular complexity index is 404. The van der Waals surface area contributed by atoms with Gasteiger partial charge in [-0.05, 0) is 45.4 Å². The maximum atomic E-state index is 4.42. The number of hydrogen-bond donors (Lipinski definition) is 0. The van der Waals surface area contributed by atoms with Gasteiger partial charge >= 0.3 is 0 Å². The van der Waals surface area contributed by atoms with Crippen LogP contribution in [-0.4, -0.2) is 41.6 Å². The Hall–Kier alpha value is -1.09. The van der Waals surface area contributed by atoms with Crippen LogP contribution < -0.4 is 4.90 Å². The maximum absolute atomic E-state index is 4.42. The Labute approximate surface area is 103 Å². The molecule has 3 heteroatoms. The molecule has 0 N–H and O–H groups in total. The van der Waals surface area contributed by atoms with Crippen molar-refractivity contribution in [3.05, 3.63) is 24.0 Å². The number of pyridine rings is 1. The summed E-state index contributed by atoms with van der Waals surface area (Å²) >= 11 is 0. The van der Waals surface area contributed by atoms with E-state index in [4.69, 9.17) is 0 Å². The molecular weight excluding hydrogens is 210 g/mol. The summed E-state index contributed by atoms with van der Waals surface area (Å²) in [5.41, 5.74) is 2.48. The van der Waals surface area contributed by atoms with E-state index in [1.807, 2.05) is 6.20 Å². The Morgan fingerprint density at radius 2 is 2.24 bits per heavy atom. The van der Waals surface area contributed by atoms with E-state index < -0.39 is 0 Å². The highest BCUT2D eigenvalue weighted by Crippen LogP contribution is 2.29. The van der Waals surface area contributed by atoms with Gasteiger partial charge in [-0.1, -0.05) is 0 Å². The molecule has 0 radical (unpaired) electrons. The van der Waals surface area contributed by atoms with Gasteiger partial charge in [-0.25, -0.2) is 0 Å². The Morgan fingerprint density at radius 3 is 3.06 bits per heavy atom. The Kier molecular flexibility index (Phi) is 2.79. The lowest BCUT2D eigenvalue weighted by Crippen LogP contribution is -2.55.